The van der Waals surface area contributed by atoms with Gasteiger partial charge in [-0.25, -0.2) is 4.39 Å². The fourth-order valence-electron chi connectivity index (χ4n) is 1.97. The van der Waals surface area contributed by atoms with Crippen LogP contribution in [-0.4, -0.2) is 17.0 Å². The first-order valence-corrected chi connectivity index (χ1v) is 8.03. The van der Waals surface area contributed by atoms with Crippen molar-refractivity contribution in [3.63, 3.8) is 0 Å². The average Bonchev–Trinajstić information content (AvgIpc) is 3.31. The molecule has 2 nitrogen and oxygen atoms in total. The molecule has 1 fully saturated rings. The summed E-state index contributed by atoms with van der Waals surface area (Å²) in [5.74, 6) is 1.02. The number of hydrogen-bond acceptors (Lipinski definition) is 3. The Kier molecular flexibility index (Phi) is 4.46. The summed E-state index contributed by atoms with van der Waals surface area (Å²) in [5.41, 5.74) is 0.821. The Hall–Kier alpha value is -1.52. The molecular weight excluding hydrogens is 287 g/mol. The molecule has 1 aliphatic carbocycles. The molecule has 3 rings (SSSR count). The summed E-state index contributed by atoms with van der Waals surface area (Å²) in [7, 11) is 0. The Labute approximate surface area is 128 Å². The van der Waals surface area contributed by atoms with Gasteiger partial charge >= 0.3 is 0 Å². The minimum atomic E-state index is -0.621. The summed E-state index contributed by atoms with van der Waals surface area (Å²) in [4.78, 5) is 0.560. The van der Waals surface area contributed by atoms with E-state index in [1.807, 2.05) is 24.3 Å². The van der Waals surface area contributed by atoms with Crippen LogP contribution in [0.15, 0.2) is 53.4 Å². The van der Waals surface area contributed by atoms with Gasteiger partial charge in [0, 0.05) is 10.6 Å². The number of thioether (sulfide) groups is 1. The highest BCUT2D eigenvalue weighted by Gasteiger charge is 2.23. The third-order valence-electron chi connectivity index (χ3n) is 3.33. The molecule has 1 unspecified atom stereocenters. The van der Waals surface area contributed by atoms with Gasteiger partial charge in [-0.2, -0.15) is 0 Å². The first-order chi connectivity index (χ1) is 10.2. The van der Waals surface area contributed by atoms with E-state index in [2.05, 4.69) is 0 Å². The van der Waals surface area contributed by atoms with Crippen molar-refractivity contribution in [3.8, 4) is 5.75 Å². The average molecular weight is 304 g/mol. The van der Waals surface area contributed by atoms with Crippen LogP contribution >= 0.6 is 11.8 Å². The number of ether oxygens (including phenoxy) is 1. The highest BCUT2D eigenvalue weighted by molar-refractivity contribution is 7.99. The van der Waals surface area contributed by atoms with Crippen molar-refractivity contribution < 1.29 is 14.2 Å². The number of halogens is 1. The molecule has 2 aromatic rings. The number of aliphatic hydroxyl groups excluding tert-OH is 1. The molecule has 0 radical (unpaired) electrons. The lowest BCUT2D eigenvalue weighted by atomic mass is 10.1. The minimum Gasteiger partial charge on any atom is -0.490 e. The van der Waals surface area contributed by atoms with Gasteiger partial charge in [0.15, 0.2) is 0 Å². The van der Waals surface area contributed by atoms with Crippen molar-refractivity contribution in [2.24, 2.45) is 0 Å². The highest BCUT2D eigenvalue weighted by Crippen LogP contribution is 2.29. The zero-order valence-corrected chi connectivity index (χ0v) is 12.4. The maximum Gasteiger partial charge on any atom is 0.136 e. The zero-order valence-electron chi connectivity index (χ0n) is 11.5. The lowest BCUT2D eigenvalue weighted by molar-refractivity contribution is 0.204. The molecule has 0 saturated heterocycles. The van der Waals surface area contributed by atoms with Crippen LogP contribution < -0.4 is 4.74 Å². The van der Waals surface area contributed by atoms with E-state index in [1.165, 1.54) is 17.8 Å². The standard InChI is InChI=1S/C17H17FO2S/c18-15-3-1-2-4-17(15)21-11-16(19)12-5-7-13(8-6-12)20-14-9-10-14/h1-8,14,16,19H,9-11H2. The topological polar surface area (TPSA) is 29.5 Å². The SMILES string of the molecule is OC(CSc1ccccc1F)c1ccc(OC2CC2)cc1. The van der Waals surface area contributed by atoms with E-state index < -0.39 is 6.10 Å². The van der Waals surface area contributed by atoms with Crippen molar-refractivity contribution in [3.05, 3.63) is 59.9 Å². The molecule has 0 aliphatic heterocycles. The molecule has 0 spiro atoms. The fraction of sp³-hybridized carbons (Fsp3) is 0.294. The summed E-state index contributed by atoms with van der Waals surface area (Å²) in [6.07, 6.45) is 2.01. The first kappa shape index (κ1) is 14.4. The monoisotopic (exact) mass is 304 g/mol. The van der Waals surface area contributed by atoms with Crippen LogP contribution in [0.1, 0.15) is 24.5 Å². The second kappa shape index (κ2) is 6.50. The highest BCUT2D eigenvalue weighted by atomic mass is 32.2. The molecular formula is C17H17FO2S. The van der Waals surface area contributed by atoms with Crippen LogP contribution in [0.4, 0.5) is 4.39 Å². The Morgan fingerprint density at radius 3 is 2.52 bits per heavy atom. The van der Waals surface area contributed by atoms with Crippen LogP contribution in [0.2, 0.25) is 0 Å². The normalized spacial score (nSPS) is 15.7. The third kappa shape index (κ3) is 3.99. The molecule has 0 bridgehead atoms. The van der Waals surface area contributed by atoms with Crippen molar-refractivity contribution in [2.45, 2.75) is 29.9 Å². The van der Waals surface area contributed by atoms with E-state index in [9.17, 15) is 9.50 Å². The molecule has 0 heterocycles. The number of aliphatic hydroxyl groups is 1. The van der Waals surface area contributed by atoms with Crippen LogP contribution in [0.5, 0.6) is 5.75 Å². The van der Waals surface area contributed by atoms with E-state index in [-0.39, 0.29) is 5.82 Å². The Morgan fingerprint density at radius 2 is 1.86 bits per heavy atom. The maximum atomic E-state index is 13.5. The lowest BCUT2D eigenvalue weighted by Gasteiger charge is -2.12. The van der Waals surface area contributed by atoms with Gasteiger partial charge in [0.1, 0.15) is 11.6 Å². The van der Waals surface area contributed by atoms with Crippen LogP contribution in [0.25, 0.3) is 0 Å². The molecule has 110 valence electrons. The van der Waals surface area contributed by atoms with E-state index in [0.717, 1.165) is 24.2 Å². The summed E-state index contributed by atoms with van der Waals surface area (Å²) in [5, 5.41) is 10.2. The number of rotatable bonds is 6. The summed E-state index contributed by atoms with van der Waals surface area (Å²) < 4.78 is 19.2. The van der Waals surface area contributed by atoms with Gasteiger partial charge in [0.25, 0.3) is 0 Å². The van der Waals surface area contributed by atoms with Crippen molar-refractivity contribution in [1.82, 2.24) is 0 Å². The Balaban J connectivity index is 1.57. The third-order valence-corrected chi connectivity index (χ3v) is 4.45. The van der Waals surface area contributed by atoms with E-state index in [0.29, 0.717) is 16.8 Å². The van der Waals surface area contributed by atoms with E-state index >= 15 is 0 Å². The maximum absolute atomic E-state index is 13.5. The molecule has 0 amide bonds. The van der Waals surface area contributed by atoms with Gasteiger partial charge < -0.3 is 9.84 Å². The second-order valence-electron chi connectivity index (χ2n) is 5.14. The van der Waals surface area contributed by atoms with Gasteiger partial charge in [-0.1, -0.05) is 24.3 Å². The quantitative estimate of drug-likeness (QED) is 0.811. The summed E-state index contributed by atoms with van der Waals surface area (Å²) in [6.45, 7) is 0. The smallest absolute Gasteiger partial charge is 0.136 e. The number of hydrogen-bond donors (Lipinski definition) is 1. The van der Waals surface area contributed by atoms with E-state index in [1.54, 1.807) is 18.2 Å². The molecule has 1 atom stereocenters. The molecule has 0 aromatic heterocycles. The summed E-state index contributed by atoms with van der Waals surface area (Å²) in [6, 6.07) is 14.1. The predicted octanol–water partition coefficient (Wildman–Crippen LogP) is 4.19. The summed E-state index contributed by atoms with van der Waals surface area (Å²) >= 11 is 1.32. The second-order valence-corrected chi connectivity index (χ2v) is 6.21. The first-order valence-electron chi connectivity index (χ1n) is 7.04. The van der Waals surface area contributed by atoms with Crippen LogP contribution in [0.3, 0.4) is 0 Å². The fourth-order valence-corrected chi connectivity index (χ4v) is 2.88. The molecule has 1 aliphatic rings. The molecule has 4 heteroatoms. The van der Waals surface area contributed by atoms with Gasteiger partial charge in [-0.3, -0.25) is 0 Å². The molecule has 2 aromatic carbocycles. The van der Waals surface area contributed by atoms with Gasteiger partial charge in [-0.15, -0.1) is 11.8 Å². The lowest BCUT2D eigenvalue weighted by Crippen LogP contribution is -2.01. The zero-order chi connectivity index (χ0) is 14.7. The Bertz CT molecular complexity index is 596. The molecule has 1 saturated carbocycles. The predicted molar refractivity (Wildman–Crippen MR) is 82.2 cm³/mol. The van der Waals surface area contributed by atoms with Gasteiger partial charge in [-0.05, 0) is 42.7 Å². The molecule has 1 N–H and O–H groups in total. The number of benzene rings is 2. The van der Waals surface area contributed by atoms with Crippen molar-refractivity contribution in [1.29, 1.82) is 0 Å². The van der Waals surface area contributed by atoms with Crippen molar-refractivity contribution >= 4 is 11.8 Å². The van der Waals surface area contributed by atoms with Gasteiger partial charge in [0.2, 0.25) is 0 Å². The Morgan fingerprint density at radius 1 is 1.14 bits per heavy atom. The van der Waals surface area contributed by atoms with Crippen molar-refractivity contribution in [2.75, 3.05) is 5.75 Å². The molecule has 21 heavy (non-hydrogen) atoms. The van der Waals surface area contributed by atoms with Crippen LogP contribution in [0, 0.1) is 5.82 Å². The van der Waals surface area contributed by atoms with Gasteiger partial charge in [0.05, 0.1) is 12.2 Å². The minimum absolute atomic E-state index is 0.247. The largest absolute Gasteiger partial charge is 0.490 e. The van der Waals surface area contributed by atoms with Crippen LogP contribution in [-0.2, 0) is 0 Å². The van der Waals surface area contributed by atoms with E-state index in [4.69, 9.17) is 4.74 Å².